The molecule has 1 aromatic rings. The van der Waals surface area contributed by atoms with Crippen molar-refractivity contribution in [3.05, 3.63) is 24.2 Å². The fourth-order valence-corrected chi connectivity index (χ4v) is 2.58. The lowest BCUT2D eigenvalue weighted by molar-refractivity contribution is -0.125. The van der Waals surface area contributed by atoms with Crippen LogP contribution in [-0.4, -0.2) is 44.7 Å². The van der Waals surface area contributed by atoms with E-state index in [9.17, 15) is 4.79 Å². The van der Waals surface area contributed by atoms with Crippen LogP contribution in [0.4, 0.5) is 0 Å². The predicted octanol–water partition coefficient (Wildman–Crippen LogP) is 0.720. The summed E-state index contributed by atoms with van der Waals surface area (Å²) in [6.07, 6.45) is 1.67. The van der Waals surface area contributed by atoms with Crippen molar-refractivity contribution < 1.29 is 13.9 Å². The van der Waals surface area contributed by atoms with E-state index in [1.807, 2.05) is 12.1 Å². The molecule has 1 N–H and O–H groups in total. The number of amides is 1. The highest BCUT2D eigenvalue weighted by Crippen LogP contribution is 2.25. The minimum atomic E-state index is 0.00455. The summed E-state index contributed by atoms with van der Waals surface area (Å²) in [7, 11) is 3.36. The molecule has 0 saturated carbocycles. The van der Waals surface area contributed by atoms with Crippen LogP contribution in [0.3, 0.4) is 0 Å². The maximum atomic E-state index is 11.8. The van der Waals surface area contributed by atoms with Gasteiger partial charge in [0.1, 0.15) is 5.76 Å². The van der Waals surface area contributed by atoms with E-state index in [-0.39, 0.29) is 17.7 Å². The number of carbonyl (C=O) groups excluding carboxylic acids is 1. The topological polar surface area (TPSA) is 54.7 Å². The maximum Gasteiger partial charge on any atom is 0.224 e. The molecule has 1 saturated heterocycles. The van der Waals surface area contributed by atoms with Crippen LogP contribution in [0.2, 0.25) is 0 Å². The molecule has 0 bridgehead atoms. The maximum absolute atomic E-state index is 11.8. The Labute approximate surface area is 107 Å². The fraction of sp³-hybridized carbons (Fsp3) is 0.615. The fourth-order valence-electron chi connectivity index (χ4n) is 2.58. The molecule has 5 heteroatoms. The van der Waals surface area contributed by atoms with Crippen LogP contribution in [0.1, 0.15) is 5.76 Å². The van der Waals surface area contributed by atoms with Crippen LogP contribution >= 0.6 is 0 Å². The largest absolute Gasteiger partial charge is 0.468 e. The first-order valence-corrected chi connectivity index (χ1v) is 6.20. The number of rotatable bonds is 5. The Balaban J connectivity index is 1.97. The zero-order valence-corrected chi connectivity index (χ0v) is 10.9. The number of ether oxygens (including phenoxy) is 1. The standard InChI is InChI=1S/C13H20N2O3/c1-14-13(16)12-8-15(6-10(12)9-17-2)7-11-4-3-5-18-11/h3-5,10,12H,6-9H2,1-2H3,(H,14,16)/t10-,12+/m0/s1. The molecule has 2 rings (SSSR count). The molecule has 0 aromatic carbocycles. The van der Waals surface area contributed by atoms with Gasteiger partial charge in [0.05, 0.1) is 25.3 Å². The van der Waals surface area contributed by atoms with Gasteiger partial charge in [-0.15, -0.1) is 0 Å². The molecule has 18 heavy (non-hydrogen) atoms. The van der Waals surface area contributed by atoms with Crippen molar-refractivity contribution in [1.82, 2.24) is 10.2 Å². The lowest BCUT2D eigenvalue weighted by Gasteiger charge is -2.15. The number of carbonyl (C=O) groups is 1. The Morgan fingerprint density at radius 1 is 1.61 bits per heavy atom. The molecule has 1 fully saturated rings. The second-order valence-corrected chi connectivity index (χ2v) is 4.71. The number of nitrogens with one attached hydrogen (secondary N) is 1. The van der Waals surface area contributed by atoms with Gasteiger partial charge in [-0.2, -0.15) is 0 Å². The van der Waals surface area contributed by atoms with Gasteiger partial charge < -0.3 is 14.5 Å². The van der Waals surface area contributed by atoms with Crippen molar-refractivity contribution in [3.8, 4) is 0 Å². The van der Waals surface area contributed by atoms with Crippen molar-refractivity contribution in [1.29, 1.82) is 0 Å². The first kappa shape index (κ1) is 13.1. The van der Waals surface area contributed by atoms with Crippen LogP contribution in [0.15, 0.2) is 22.8 Å². The number of methoxy groups -OCH3 is 1. The summed E-state index contributed by atoms with van der Waals surface area (Å²) < 4.78 is 10.5. The quantitative estimate of drug-likeness (QED) is 0.839. The molecule has 0 spiro atoms. The van der Waals surface area contributed by atoms with Gasteiger partial charge in [-0.1, -0.05) is 0 Å². The average Bonchev–Trinajstić information content (AvgIpc) is 2.99. The van der Waals surface area contributed by atoms with Crippen LogP contribution < -0.4 is 5.32 Å². The zero-order valence-electron chi connectivity index (χ0n) is 10.9. The Hall–Kier alpha value is -1.33. The average molecular weight is 252 g/mol. The highest BCUT2D eigenvalue weighted by molar-refractivity contribution is 5.79. The molecule has 0 radical (unpaired) electrons. The first-order chi connectivity index (χ1) is 8.74. The van der Waals surface area contributed by atoms with Crippen molar-refractivity contribution >= 4 is 5.91 Å². The molecule has 1 amide bonds. The lowest BCUT2D eigenvalue weighted by Crippen LogP contribution is -2.34. The van der Waals surface area contributed by atoms with Crippen LogP contribution in [0.5, 0.6) is 0 Å². The second-order valence-electron chi connectivity index (χ2n) is 4.71. The minimum Gasteiger partial charge on any atom is -0.468 e. The molecular formula is C13H20N2O3. The first-order valence-electron chi connectivity index (χ1n) is 6.20. The number of likely N-dealkylation sites (tertiary alicyclic amines) is 1. The Kier molecular flexibility index (Phi) is 4.38. The van der Waals surface area contributed by atoms with E-state index in [1.54, 1.807) is 20.4 Å². The third-order valence-corrected chi connectivity index (χ3v) is 3.44. The zero-order chi connectivity index (χ0) is 13.0. The molecule has 1 aromatic heterocycles. The summed E-state index contributed by atoms with van der Waals surface area (Å²) in [5.74, 6) is 1.29. The molecule has 2 heterocycles. The number of furan rings is 1. The van der Waals surface area contributed by atoms with Crippen LogP contribution in [0.25, 0.3) is 0 Å². The van der Waals surface area contributed by atoms with E-state index in [0.29, 0.717) is 6.61 Å². The number of hydrogen-bond acceptors (Lipinski definition) is 4. The molecule has 5 nitrogen and oxygen atoms in total. The van der Waals surface area contributed by atoms with E-state index in [0.717, 1.165) is 25.4 Å². The lowest BCUT2D eigenvalue weighted by atomic mass is 9.96. The second kappa shape index (κ2) is 6.02. The number of hydrogen-bond donors (Lipinski definition) is 1. The molecule has 2 atom stereocenters. The predicted molar refractivity (Wildman–Crippen MR) is 66.9 cm³/mol. The summed E-state index contributed by atoms with van der Waals surface area (Å²) in [5, 5.41) is 2.73. The van der Waals surface area contributed by atoms with Crippen molar-refractivity contribution in [2.24, 2.45) is 11.8 Å². The monoisotopic (exact) mass is 252 g/mol. The summed E-state index contributed by atoms with van der Waals surface area (Å²) in [5.41, 5.74) is 0. The van der Waals surface area contributed by atoms with E-state index >= 15 is 0 Å². The third kappa shape index (κ3) is 2.91. The van der Waals surface area contributed by atoms with Gasteiger partial charge in [0.2, 0.25) is 5.91 Å². The van der Waals surface area contributed by atoms with E-state index < -0.39 is 0 Å². The summed E-state index contributed by atoms with van der Waals surface area (Å²) in [4.78, 5) is 14.1. The molecular weight excluding hydrogens is 232 g/mol. The van der Waals surface area contributed by atoms with E-state index in [2.05, 4.69) is 10.2 Å². The van der Waals surface area contributed by atoms with Crippen LogP contribution in [-0.2, 0) is 16.1 Å². The Bertz CT molecular complexity index is 378. The van der Waals surface area contributed by atoms with Gasteiger partial charge in [0.25, 0.3) is 0 Å². The molecule has 0 aliphatic carbocycles. The normalized spacial score (nSPS) is 24.3. The third-order valence-electron chi connectivity index (χ3n) is 3.44. The summed E-state index contributed by atoms with van der Waals surface area (Å²) in [6, 6.07) is 3.84. The van der Waals surface area contributed by atoms with Crippen molar-refractivity contribution in [2.45, 2.75) is 6.54 Å². The van der Waals surface area contributed by atoms with Gasteiger partial charge >= 0.3 is 0 Å². The van der Waals surface area contributed by atoms with Gasteiger partial charge in [-0.25, -0.2) is 0 Å². The number of nitrogens with zero attached hydrogens (tertiary/aromatic N) is 1. The van der Waals surface area contributed by atoms with E-state index in [1.165, 1.54) is 0 Å². The Morgan fingerprint density at radius 3 is 3.06 bits per heavy atom. The summed E-state index contributed by atoms with van der Waals surface area (Å²) in [6.45, 7) is 2.99. The molecule has 100 valence electrons. The van der Waals surface area contributed by atoms with Crippen LogP contribution in [0, 0.1) is 11.8 Å². The van der Waals surface area contributed by atoms with Crippen molar-refractivity contribution in [2.75, 3.05) is 33.9 Å². The van der Waals surface area contributed by atoms with Gasteiger partial charge in [-0.05, 0) is 12.1 Å². The minimum absolute atomic E-state index is 0.00455. The molecule has 0 unspecified atom stereocenters. The van der Waals surface area contributed by atoms with Gasteiger partial charge in [-0.3, -0.25) is 9.69 Å². The van der Waals surface area contributed by atoms with Crippen molar-refractivity contribution in [3.63, 3.8) is 0 Å². The smallest absolute Gasteiger partial charge is 0.224 e. The molecule has 1 aliphatic heterocycles. The SMILES string of the molecule is CNC(=O)[C@@H]1CN(Cc2ccco2)C[C@H]1COC. The van der Waals surface area contributed by atoms with Gasteiger partial charge in [0, 0.05) is 33.2 Å². The van der Waals surface area contributed by atoms with Gasteiger partial charge in [0.15, 0.2) is 0 Å². The van der Waals surface area contributed by atoms with E-state index in [4.69, 9.17) is 9.15 Å². The highest BCUT2D eigenvalue weighted by Gasteiger charge is 2.37. The summed E-state index contributed by atoms with van der Waals surface area (Å²) >= 11 is 0. The molecule has 1 aliphatic rings. The Morgan fingerprint density at radius 2 is 2.44 bits per heavy atom. The highest BCUT2D eigenvalue weighted by atomic mass is 16.5.